The van der Waals surface area contributed by atoms with Crippen LogP contribution in [0.4, 0.5) is 17.6 Å². The van der Waals surface area contributed by atoms with E-state index in [1.165, 1.54) is 12.1 Å². The molecule has 0 saturated carbocycles. The van der Waals surface area contributed by atoms with E-state index in [2.05, 4.69) is 10.3 Å². The molecule has 1 aromatic heterocycles. The molecule has 1 N–H and O–H groups in total. The zero-order valence-corrected chi connectivity index (χ0v) is 14.4. The van der Waals surface area contributed by atoms with Crippen molar-refractivity contribution in [3.8, 4) is 0 Å². The van der Waals surface area contributed by atoms with Gasteiger partial charge >= 0.3 is 6.18 Å². The van der Waals surface area contributed by atoms with Crippen LogP contribution in [0.2, 0.25) is 0 Å². The summed E-state index contributed by atoms with van der Waals surface area (Å²) >= 11 is 0. The molecule has 0 radical (unpaired) electrons. The number of morpholine rings is 1. The standard InChI is InChI=1S/C19H18F4N2O2/c20-16-9-14(17-11-24-5-6-27-17)3-2-13(16)8-15(26)7-12-1-4-18(25-10-12)19(21,22)23/h1-4,9-10,17,24H,5-8,11H2/t17-/m0/s1. The molecule has 27 heavy (non-hydrogen) atoms. The maximum atomic E-state index is 14.3. The molecule has 0 unspecified atom stereocenters. The largest absolute Gasteiger partial charge is 0.433 e. The number of nitrogens with zero attached hydrogens (tertiary/aromatic N) is 1. The molecule has 2 heterocycles. The van der Waals surface area contributed by atoms with Gasteiger partial charge in [-0.05, 0) is 28.8 Å². The van der Waals surface area contributed by atoms with Gasteiger partial charge in [0.1, 0.15) is 17.3 Å². The molecule has 2 aromatic rings. The third-order valence-corrected chi connectivity index (χ3v) is 4.28. The highest BCUT2D eigenvalue weighted by atomic mass is 19.4. The number of alkyl halides is 3. The molecule has 0 spiro atoms. The average molecular weight is 382 g/mol. The molecule has 1 aliphatic rings. The van der Waals surface area contributed by atoms with Crippen LogP contribution in [-0.4, -0.2) is 30.5 Å². The number of halogens is 4. The lowest BCUT2D eigenvalue weighted by atomic mass is 10.00. The lowest BCUT2D eigenvalue weighted by Crippen LogP contribution is -2.33. The van der Waals surface area contributed by atoms with Crippen molar-refractivity contribution in [3.63, 3.8) is 0 Å². The Morgan fingerprint density at radius 1 is 1.22 bits per heavy atom. The van der Waals surface area contributed by atoms with Crippen LogP contribution in [0.5, 0.6) is 0 Å². The lowest BCUT2D eigenvalue weighted by Gasteiger charge is -2.24. The number of rotatable bonds is 5. The lowest BCUT2D eigenvalue weighted by molar-refractivity contribution is -0.141. The summed E-state index contributed by atoms with van der Waals surface area (Å²) in [5.74, 6) is -0.806. The fourth-order valence-corrected chi connectivity index (χ4v) is 2.89. The molecule has 0 amide bonds. The van der Waals surface area contributed by atoms with Crippen molar-refractivity contribution in [2.45, 2.75) is 25.1 Å². The molecule has 1 aromatic carbocycles. The van der Waals surface area contributed by atoms with Gasteiger partial charge in [0, 0.05) is 32.1 Å². The van der Waals surface area contributed by atoms with Crippen molar-refractivity contribution in [2.75, 3.05) is 19.7 Å². The van der Waals surface area contributed by atoms with Crippen molar-refractivity contribution < 1.29 is 27.1 Å². The summed E-state index contributed by atoms with van der Waals surface area (Å²) in [6.07, 6.45) is -3.98. The van der Waals surface area contributed by atoms with Crippen LogP contribution in [0, 0.1) is 5.82 Å². The highest BCUT2D eigenvalue weighted by Crippen LogP contribution is 2.27. The Kier molecular flexibility index (Phi) is 5.86. The second kappa shape index (κ2) is 8.14. The number of pyridine rings is 1. The SMILES string of the molecule is O=C(Cc1ccc(C(F)(F)F)nc1)Cc1ccc([C@@H]2CNCCO2)cc1F. The predicted octanol–water partition coefficient (Wildman–Crippen LogP) is 3.25. The molecule has 8 heteroatoms. The van der Waals surface area contributed by atoms with E-state index >= 15 is 0 Å². The summed E-state index contributed by atoms with van der Waals surface area (Å²) in [4.78, 5) is 15.5. The van der Waals surface area contributed by atoms with Crippen molar-refractivity contribution in [1.29, 1.82) is 0 Å². The first kappa shape index (κ1) is 19.4. The molecule has 0 bridgehead atoms. The predicted molar refractivity (Wildman–Crippen MR) is 89.6 cm³/mol. The quantitative estimate of drug-likeness (QED) is 0.807. The topological polar surface area (TPSA) is 51.2 Å². The van der Waals surface area contributed by atoms with E-state index in [0.717, 1.165) is 18.8 Å². The molecule has 144 valence electrons. The number of carbonyl (C=O) groups is 1. The molecule has 1 saturated heterocycles. The van der Waals surface area contributed by atoms with Gasteiger partial charge in [-0.15, -0.1) is 0 Å². The number of carbonyl (C=O) groups excluding carboxylic acids is 1. The normalized spacial score (nSPS) is 17.7. The number of hydrogen-bond donors (Lipinski definition) is 1. The number of ether oxygens (including phenoxy) is 1. The second-order valence-electron chi connectivity index (χ2n) is 6.36. The van der Waals surface area contributed by atoms with E-state index in [0.29, 0.717) is 24.3 Å². The van der Waals surface area contributed by atoms with Crippen molar-refractivity contribution in [3.05, 3.63) is 64.7 Å². The Morgan fingerprint density at radius 3 is 2.63 bits per heavy atom. The van der Waals surface area contributed by atoms with E-state index < -0.39 is 17.7 Å². The monoisotopic (exact) mass is 382 g/mol. The minimum absolute atomic E-state index is 0.109. The average Bonchev–Trinajstić information content (AvgIpc) is 2.64. The maximum Gasteiger partial charge on any atom is 0.433 e. The van der Waals surface area contributed by atoms with Crippen LogP contribution in [-0.2, 0) is 28.5 Å². The summed E-state index contributed by atoms with van der Waals surface area (Å²) in [5, 5.41) is 3.16. The van der Waals surface area contributed by atoms with Gasteiger partial charge < -0.3 is 10.1 Å². The third kappa shape index (κ3) is 5.11. The van der Waals surface area contributed by atoms with Crippen molar-refractivity contribution >= 4 is 5.78 Å². The third-order valence-electron chi connectivity index (χ3n) is 4.28. The summed E-state index contributed by atoms with van der Waals surface area (Å²) in [6.45, 7) is 1.90. The van der Waals surface area contributed by atoms with Gasteiger partial charge in [0.05, 0.1) is 12.7 Å². The van der Waals surface area contributed by atoms with E-state index in [9.17, 15) is 22.4 Å². The van der Waals surface area contributed by atoms with E-state index in [4.69, 9.17) is 4.74 Å². The molecule has 1 aliphatic heterocycles. The highest BCUT2D eigenvalue weighted by Gasteiger charge is 2.32. The summed E-state index contributed by atoms with van der Waals surface area (Å²) < 4.78 is 57.4. The van der Waals surface area contributed by atoms with Gasteiger partial charge in [-0.25, -0.2) is 4.39 Å². The number of benzene rings is 1. The fourth-order valence-electron chi connectivity index (χ4n) is 2.89. The first-order valence-corrected chi connectivity index (χ1v) is 8.47. The number of aromatic nitrogens is 1. The Labute approximate surface area is 153 Å². The van der Waals surface area contributed by atoms with Gasteiger partial charge in [-0.3, -0.25) is 9.78 Å². The van der Waals surface area contributed by atoms with Crippen molar-refractivity contribution in [2.24, 2.45) is 0 Å². The van der Waals surface area contributed by atoms with Crippen LogP contribution in [0.1, 0.15) is 28.5 Å². The van der Waals surface area contributed by atoms with Gasteiger partial charge in [-0.2, -0.15) is 13.2 Å². The summed E-state index contributed by atoms with van der Waals surface area (Å²) in [5.41, 5.74) is 0.279. The smallest absolute Gasteiger partial charge is 0.371 e. The van der Waals surface area contributed by atoms with Crippen LogP contribution >= 0.6 is 0 Å². The van der Waals surface area contributed by atoms with Crippen LogP contribution in [0.15, 0.2) is 36.5 Å². The molecular formula is C19H18F4N2O2. The highest BCUT2D eigenvalue weighted by molar-refractivity contribution is 5.83. The summed E-state index contributed by atoms with van der Waals surface area (Å²) in [6, 6.07) is 6.67. The second-order valence-corrected chi connectivity index (χ2v) is 6.36. The molecule has 1 atom stereocenters. The molecule has 3 rings (SSSR count). The van der Waals surface area contributed by atoms with Crippen LogP contribution in [0.3, 0.4) is 0 Å². The Balaban J connectivity index is 1.62. The zero-order chi connectivity index (χ0) is 19.4. The molecule has 0 aliphatic carbocycles. The Morgan fingerprint density at radius 2 is 2.04 bits per heavy atom. The summed E-state index contributed by atoms with van der Waals surface area (Å²) in [7, 11) is 0. The Hall–Kier alpha value is -2.32. The van der Waals surface area contributed by atoms with Crippen molar-refractivity contribution in [1.82, 2.24) is 10.3 Å². The van der Waals surface area contributed by atoms with Gasteiger partial charge in [0.25, 0.3) is 0 Å². The van der Waals surface area contributed by atoms with E-state index in [1.54, 1.807) is 12.1 Å². The first-order valence-electron chi connectivity index (χ1n) is 8.47. The van der Waals surface area contributed by atoms with E-state index in [1.807, 2.05) is 0 Å². The van der Waals surface area contributed by atoms with Gasteiger partial charge in [0.2, 0.25) is 0 Å². The minimum Gasteiger partial charge on any atom is -0.371 e. The van der Waals surface area contributed by atoms with Crippen LogP contribution < -0.4 is 5.32 Å². The minimum atomic E-state index is -4.52. The molecule has 4 nitrogen and oxygen atoms in total. The van der Waals surface area contributed by atoms with Crippen LogP contribution in [0.25, 0.3) is 0 Å². The Bertz CT molecular complexity index is 800. The molecular weight excluding hydrogens is 364 g/mol. The number of nitrogens with one attached hydrogen (secondary N) is 1. The number of hydrogen-bond acceptors (Lipinski definition) is 4. The number of Topliss-reactive ketones (excluding diaryl/α,β-unsaturated/α-hetero) is 1. The van der Waals surface area contributed by atoms with E-state index in [-0.39, 0.29) is 30.3 Å². The van der Waals surface area contributed by atoms with Gasteiger partial charge in [-0.1, -0.05) is 18.2 Å². The number of ketones is 1. The van der Waals surface area contributed by atoms with Gasteiger partial charge in [0.15, 0.2) is 0 Å². The fraction of sp³-hybridized carbons (Fsp3) is 0.368. The zero-order valence-electron chi connectivity index (χ0n) is 14.4. The molecule has 1 fully saturated rings. The maximum absolute atomic E-state index is 14.3. The first-order chi connectivity index (χ1) is 12.8.